The van der Waals surface area contributed by atoms with E-state index >= 15 is 0 Å². The molecule has 2 aliphatic carbocycles. The Hall–Kier alpha value is -2.48. The van der Waals surface area contributed by atoms with Gasteiger partial charge in [-0.3, -0.25) is 0 Å². The summed E-state index contributed by atoms with van der Waals surface area (Å²) in [6.07, 6.45) is 7.63. The molecule has 33 heavy (non-hydrogen) atoms. The molecule has 0 bridgehead atoms. The molecule has 4 atom stereocenters. The summed E-state index contributed by atoms with van der Waals surface area (Å²) in [5, 5.41) is 10.4. The standard InChI is InChI=1S/C28H31ClN2O2/c1-3-26(32-2)23-9-7-21(23)16-31-17-28(12-4-5-20-14-22(29)8-10-24(20)28)18-33-27-11-6-19(15-30)13-25(27)31/h3,6,8,10-11,13-14,21,23,26H,1,4-5,7,9,12,16-18H2,2H3/t21-,23+,26-,28-/m0/s1. The van der Waals surface area contributed by atoms with Crippen molar-refractivity contribution < 1.29 is 9.47 Å². The molecular weight excluding hydrogens is 432 g/mol. The van der Waals surface area contributed by atoms with Gasteiger partial charge in [0.15, 0.2) is 0 Å². The molecule has 1 saturated carbocycles. The number of fused-ring (bicyclic) bond motifs is 3. The minimum atomic E-state index is -0.0949. The van der Waals surface area contributed by atoms with Crippen molar-refractivity contribution in [3.63, 3.8) is 0 Å². The zero-order valence-electron chi connectivity index (χ0n) is 19.2. The predicted molar refractivity (Wildman–Crippen MR) is 132 cm³/mol. The number of nitriles is 1. The normalized spacial score (nSPS) is 26.8. The second-order valence-corrected chi connectivity index (χ2v) is 10.3. The Labute approximate surface area is 201 Å². The largest absolute Gasteiger partial charge is 0.490 e. The van der Waals surface area contributed by atoms with E-state index in [0.29, 0.717) is 24.0 Å². The first kappa shape index (κ1) is 22.3. The van der Waals surface area contributed by atoms with Crippen molar-refractivity contribution in [1.82, 2.24) is 0 Å². The third-order valence-electron chi connectivity index (χ3n) is 8.02. The van der Waals surface area contributed by atoms with Crippen LogP contribution >= 0.6 is 11.6 Å². The molecule has 172 valence electrons. The van der Waals surface area contributed by atoms with E-state index in [-0.39, 0.29) is 11.5 Å². The number of halogens is 1. The van der Waals surface area contributed by atoms with Crippen LogP contribution in [0.5, 0.6) is 5.75 Å². The average molecular weight is 463 g/mol. The van der Waals surface area contributed by atoms with Gasteiger partial charge in [-0.2, -0.15) is 5.26 Å². The van der Waals surface area contributed by atoms with E-state index in [0.717, 1.165) is 55.2 Å². The molecule has 0 amide bonds. The molecule has 5 rings (SSSR count). The van der Waals surface area contributed by atoms with Crippen molar-refractivity contribution in [1.29, 1.82) is 5.26 Å². The van der Waals surface area contributed by atoms with Gasteiger partial charge in [0.05, 0.1) is 30.0 Å². The fraction of sp³-hybridized carbons (Fsp3) is 0.464. The first-order valence-electron chi connectivity index (χ1n) is 11.9. The van der Waals surface area contributed by atoms with Gasteiger partial charge in [0.2, 0.25) is 0 Å². The van der Waals surface area contributed by atoms with Crippen LogP contribution in [0.25, 0.3) is 0 Å². The number of anilines is 1. The molecule has 0 unspecified atom stereocenters. The Kier molecular flexibility index (Phi) is 6.12. The molecule has 4 nitrogen and oxygen atoms in total. The van der Waals surface area contributed by atoms with Gasteiger partial charge in [0.1, 0.15) is 5.75 Å². The van der Waals surface area contributed by atoms with E-state index in [1.54, 1.807) is 7.11 Å². The minimum absolute atomic E-state index is 0.0865. The second kappa shape index (κ2) is 9.05. The Bertz CT molecular complexity index is 1090. The van der Waals surface area contributed by atoms with Crippen LogP contribution in [0.15, 0.2) is 49.1 Å². The molecule has 0 aromatic heterocycles. The number of rotatable bonds is 5. The quantitative estimate of drug-likeness (QED) is 0.518. The monoisotopic (exact) mass is 462 g/mol. The summed E-state index contributed by atoms with van der Waals surface area (Å²) in [4.78, 5) is 2.49. The van der Waals surface area contributed by atoms with Gasteiger partial charge in [-0.1, -0.05) is 23.7 Å². The smallest absolute Gasteiger partial charge is 0.142 e. The van der Waals surface area contributed by atoms with Gasteiger partial charge >= 0.3 is 0 Å². The lowest BCUT2D eigenvalue weighted by molar-refractivity contribution is 0.0135. The van der Waals surface area contributed by atoms with E-state index in [1.807, 2.05) is 30.3 Å². The summed E-state index contributed by atoms with van der Waals surface area (Å²) in [5.74, 6) is 1.87. The molecule has 3 aliphatic rings. The van der Waals surface area contributed by atoms with E-state index in [9.17, 15) is 5.26 Å². The maximum absolute atomic E-state index is 9.56. The summed E-state index contributed by atoms with van der Waals surface area (Å²) < 4.78 is 12.2. The van der Waals surface area contributed by atoms with Crippen LogP contribution in [0.4, 0.5) is 5.69 Å². The Morgan fingerprint density at radius 3 is 2.94 bits per heavy atom. The third-order valence-corrected chi connectivity index (χ3v) is 8.26. The van der Waals surface area contributed by atoms with Gasteiger partial charge in [0.25, 0.3) is 0 Å². The first-order valence-corrected chi connectivity index (χ1v) is 12.3. The Balaban J connectivity index is 1.53. The maximum Gasteiger partial charge on any atom is 0.142 e. The Morgan fingerprint density at radius 2 is 2.21 bits per heavy atom. The average Bonchev–Trinajstić information content (AvgIpc) is 2.97. The van der Waals surface area contributed by atoms with Crippen molar-refractivity contribution in [2.24, 2.45) is 11.8 Å². The molecule has 1 fully saturated rings. The highest BCUT2D eigenvalue weighted by molar-refractivity contribution is 6.30. The van der Waals surface area contributed by atoms with Gasteiger partial charge in [0, 0.05) is 30.6 Å². The number of ether oxygens (including phenoxy) is 2. The SMILES string of the molecule is C=C[C@H](OC)[C@@H]1CC[C@H]1CN1C[C@@]2(CCCc3cc(Cl)ccc32)COc2ccc(C#N)cc21. The number of nitrogens with zero attached hydrogens (tertiary/aromatic N) is 2. The maximum atomic E-state index is 9.56. The number of hydrogen-bond donors (Lipinski definition) is 0. The lowest BCUT2D eigenvalue weighted by atomic mass is 9.68. The van der Waals surface area contributed by atoms with Crippen molar-refractivity contribution in [2.75, 3.05) is 31.7 Å². The summed E-state index contributed by atoms with van der Waals surface area (Å²) in [6.45, 7) is 6.42. The molecule has 2 aromatic rings. The van der Waals surface area contributed by atoms with Crippen LogP contribution in [0.2, 0.25) is 5.02 Å². The van der Waals surface area contributed by atoms with Crippen molar-refractivity contribution in [3.05, 3.63) is 70.8 Å². The number of methoxy groups -OCH3 is 1. The molecule has 1 heterocycles. The topological polar surface area (TPSA) is 45.5 Å². The van der Waals surface area contributed by atoms with Gasteiger partial charge in [-0.25, -0.2) is 0 Å². The van der Waals surface area contributed by atoms with Crippen LogP contribution in [0.3, 0.4) is 0 Å². The van der Waals surface area contributed by atoms with Crippen LogP contribution in [0.1, 0.15) is 42.4 Å². The number of benzene rings is 2. The molecule has 0 N–H and O–H groups in total. The second-order valence-electron chi connectivity index (χ2n) is 9.84. The van der Waals surface area contributed by atoms with Crippen molar-refractivity contribution >= 4 is 17.3 Å². The van der Waals surface area contributed by atoms with E-state index in [4.69, 9.17) is 21.1 Å². The van der Waals surface area contributed by atoms with E-state index in [1.165, 1.54) is 17.5 Å². The lowest BCUT2D eigenvalue weighted by Crippen LogP contribution is -2.49. The highest BCUT2D eigenvalue weighted by atomic mass is 35.5. The Morgan fingerprint density at radius 1 is 1.33 bits per heavy atom. The summed E-state index contributed by atoms with van der Waals surface area (Å²) in [7, 11) is 1.77. The third kappa shape index (κ3) is 4.03. The number of aryl methyl sites for hydroxylation is 1. The minimum Gasteiger partial charge on any atom is -0.490 e. The van der Waals surface area contributed by atoms with Crippen molar-refractivity contribution in [3.8, 4) is 11.8 Å². The zero-order valence-corrected chi connectivity index (χ0v) is 20.0. The van der Waals surface area contributed by atoms with Crippen LogP contribution in [-0.2, 0) is 16.6 Å². The summed E-state index contributed by atoms with van der Waals surface area (Å²) >= 11 is 6.35. The lowest BCUT2D eigenvalue weighted by Gasteiger charge is -2.45. The van der Waals surface area contributed by atoms with Crippen LogP contribution < -0.4 is 9.64 Å². The summed E-state index contributed by atoms with van der Waals surface area (Å²) in [5.41, 5.74) is 4.31. The van der Waals surface area contributed by atoms with Crippen LogP contribution in [0, 0.1) is 23.2 Å². The zero-order chi connectivity index (χ0) is 23.0. The van der Waals surface area contributed by atoms with Gasteiger partial charge in [-0.05, 0) is 85.4 Å². The van der Waals surface area contributed by atoms with Gasteiger partial charge < -0.3 is 14.4 Å². The molecule has 0 saturated heterocycles. The summed E-state index contributed by atoms with van der Waals surface area (Å²) in [6, 6.07) is 14.5. The molecule has 1 spiro atoms. The predicted octanol–water partition coefficient (Wildman–Crippen LogP) is 5.91. The van der Waals surface area contributed by atoms with Gasteiger partial charge in [-0.15, -0.1) is 6.58 Å². The van der Waals surface area contributed by atoms with Crippen LogP contribution in [-0.4, -0.2) is 32.9 Å². The molecular formula is C28H31ClN2O2. The van der Waals surface area contributed by atoms with E-state index in [2.05, 4.69) is 29.7 Å². The number of hydrogen-bond acceptors (Lipinski definition) is 4. The fourth-order valence-electron chi connectivity index (χ4n) is 6.17. The molecule has 5 heteroatoms. The molecule has 1 aliphatic heterocycles. The van der Waals surface area contributed by atoms with Crippen molar-refractivity contribution in [2.45, 2.75) is 43.6 Å². The highest BCUT2D eigenvalue weighted by Crippen LogP contribution is 2.46. The highest BCUT2D eigenvalue weighted by Gasteiger charge is 2.44. The fourth-order valence-corrected chi connectivity index (χ4v) is 6.36. The van der Waals surface area contributed by atoms with E-state index < -0.39 is 0 Å². The first-order chi connectivity index (χ1) is 16.1. The molecule has 2 aromatic carbocycles. The molecule has 0 radical (unpaired) electrons.